The van der Waals surface area contributed by atoms with Crippen LogP contribution in [-0.4, -0.2) is 62.1 Å². The molecule has 0 unspecified atom stereocenters. The Labute approximate surface area is 127 Å². The molecule has 5 nitrogen and oxygen atoms in total. The maximum Gasteiger partial charge on any atom is 0.243 e. The fourth-order valence-corrected chi connectivity index (χ4v) is 3.66. The van der Waals surface area contributed by atoms with Crippen molar-refractivity contribution in [2.24, 2.45) is 11.3 Å². The van der Waals surface area contributed by atoms with E-state index in [1.165, 1.54) is 0 Å². The van der Waals surface area contributed by atoms with Crippen molar-refractivity contribution >= 4 is 5.91 Å². The molecule has 2 rings (SSSR count). The van der Waals surface area contributed by atoms with Crippen molar-refractivity contribution in [3.8, 4) is 6.07 Å². The molecule has 0 aromatic rings. The minimum atomic E-state index is -0.851. The van der Waals surface area contributed by atoms with E-state index in [-0.39, 0.29) is 5.91 Å². The molecule has 0 radical (unpaired) electrons. The summed E-state index contributed by atoms with van der Waals surface area (Å²) in [6.45, 7) is 4.76. The summed E-state index contributed by atoms with van der Waals surface area (Å²) in [6, 6.07) is 2.71. The minimum Gasteiger partial charge on any atom is -0.381 e. The first-order chi connectivity index (χ1) is 10.0. The molecule has 0 aromatic carbocycles. The van der Waals surface area contributed by atoms with Crippen LogP contribution in [0.2, 0.25) is 0 Å². The molecular formula is C16H27N3O2. The van der Waals surface area contributed by atoms with Gasteiger partial charge in [0.25, 0.3) is 0 Å². The van der Waals surface area contributed by atoms with Crippen molar-refractivity contribution in [2.45, 2.75) is 38.6 Å². The number of ether oxygens (including phenoxy) is 1. The Kier molecular flexibility index (Phi) is 5.23. The topological polar surface area (TPSA) is 56.6 Å². The fourth-order valence-electron chi connectivity index (χ4n) is 3.66. The van der Waals surface area contributed by atoms with Gasteiger partial charge >= 0.3 is 0 Å². The Morgan fingerprint density at radius 1 is 1.38 bits per heavy atom. The summed E-state index contributed by atoms with van der Waals surface area (Å²) in [5, 5.41) is 9.55. The van der Waals surface area contributed by atoms with Crippen LogP contribution in [0.5, 0.6) is 0 Å². The molecule has 5 heteroatoms. The second-order valence-corrected chi connectivity index (χ2v) is 6.60. The quantitative estimate of drug-likeness (QED) is 0.788. The van der Waals surface area contributed by atoms with Crippen molar-refractivity contribution in [1.82, 2.24) is 9.80 Å². The zero-order valence-corrected chi connectivity index (χ0v) is 13.5. The van der Waals surface area contributed by atoms with Gasteiger partial charge in [-0.15, -0.1) is 0 Å². The summed E-state index contributed by atoms with van der Waals surface area (Å²) in [5.74, 6) is 0.545. The zero-order valence-electron chi connectivity index (χ0n) is 13.5. The molecule has 2 fully saturated rings. The molecule has 2 heterocycles. The molecule has 2 aliphatic rings. The summed E-state index contributed by atoms with van der Waals surface area (Å²) in [4.78, 5) is 17.0. The molecule has 21 heavy (non-hydrogen) atoms. The summed E-state index contributed by atoms with van der Waals surface area (Å²) >= 11 is 0. The molecule has 2 aliphatic heterocycles. The maximum absolute atomic E-state index is 12.9. The van der Waals surface area contributed by atoms with E-state index in [1.807, 2.05) is 4.90 Å². The van der Waals surface area contributed by atoms with Gasteiger partial charge in [-0.3, -0.25) is 4.79 Å². The lowest BCUT2D eigenvalue weighted by Gasteiger charge is -2.33. The van der Waals surface area contributed by atoms with Gasteiger partial charge < -0.3 is 14.5 Å². The van der Waals surface area contributed by atoms with E-state index < -0.39 is 5.41 Å². The smallest absolute Gasteiger partial charge is 0.243 e. The average Bonchev–Trinajstić information content (AvgIpc) is 2.91. The van der Waals surface area contributed by atoms with E-state index in [0.717, 1.165) is 25.9 Å². The lowest BCUT2D eigenvalue weighted by atomic mass is 9.80. The van der Waals surface area contributed by atoms with Crippen LogP contribution < -0.4 is 0 Å². The van der Waals surface area contributed by atoms with Crippen LogP contribution in [0.15, 0.2) is 0 Å². The van der Waals surface area contributed by atoms with Crippen LogP contribution in [0.3, 0.4) is 0 Å². The molecule has 0 spiro atoms. The van der Waals surface area contributed by atoms with Crippen LogP contribution in [0, 0.1) is 22.7 Å². The van der Waals surface area contributed by atoms with Gasteiger partial charge in [-0.25, -0.2) is 0 Å². The van der Waals surface area contributed by atoms with Gasteiger partial charge in [0.2, 0.25) is 5.91 Å². The van der Waals surface area contributed by atoms with Crippen LogP contribution in [-0.2, 0) is 9.53 Å². The molecule has 118 valence electrons. The van der Waals surface area contributed by atoms with Crippen molar-refractivity contribution in [3.63, 3.8) is 0 Å². The summed E-state index contributed by atoms with van der Waals surface area (Å²) in [5.41, 5.74) is -0.851. The number of carbonyl (C=O) groups is 1. The van der Waals surface area contributed by atoms with Crippen molar-refractivity contribution in [2.75, 3.05) is 40.4 Å². The molecule has 2 atom stereocenters. The molecule has 1 amide bonds. The largest absolute Gasteiger partial charge is 0.381 e. The van der Waals surface area contributed by atoms with Crippen LogP contribution in [0.25, 0.3) is 0 Å². The second kappa shape index (κ2) is 6.76. The summed E-state index contributed by atoms with van der Waals surface area (Å²) in [7, 11) is 4.16. The van der Waals surface area contributed by atoms with Gasteiger partial charge in [-0.1, -0.05) is 13.3 Å². The van der Waals surface area contributed by atoms with Gasteiger partial charge in [-0.2, -0.15) is 5.26 Å². The molecule has 2 saturated heterocycles. The molecule has 0 aliphatic carbocycles. The summed E-state index contributed by atoms with van der Waals surface area (Å²) in [6.07, 6.45) is 3.33. The number of nitriles is 1. The predicted octanol–water partition coefficient (Wildman–Crippen LogP) is 1.50. The number of rotatable bonds is 4. The first kappa shape index (κ1) is 16.3. The van der Waals surface area contributed by atoms with Gasteiger partial charge in [0.1, 0.15) is 5.41 Å². The third-order valence-electron chi connectivity index (χ3n) is 4.99. The van der Waals surface area contributed by atoms with Crippen molar-refractivity contribution < 1.29 is 9.53 Å². The zero-order chi connectivity index (χ0) is 15.5. The number of hydrogen-bond acceptors (Lipinski definition) is 4. The van der Waals surface area contributed by atoms with E-state index in [1.54, 1.807) is 0 Å². The van der Waals surface area contributed by atoms with E-state index in [4.69, 9.17) is 4.74 Å². The van der Waals surface area contributed by atoms with E-state index in [9.17, 15) is 10.1 Å². The van der Waals surface area contributed by atoms with Crippen molar-refractivity contribution in [1.29, 1.82) is 5.26 Å². The Morgan fingerprint density at radius 3 is 2.57 bits per heavy atom. The maximum atomic E-state index is 12.9. The average molecular weight is 293 g/mol. The number of likely N-dealkylation sites (tertiary alicyclic amines) is 1. The highest BCUT2D eigenvalue weighted by atomic mass is 16.5. The first-order valence-corrected chi connectivity index (χ1v) is 7.99. The van der Waals surface area contributed by atoms with Crippen LogP contribution >= 0.6 is 0 Å². The van der Waals surface area contributed by atoms with E-state index >= 15 is 0 Å². The highest BCUT2D eigenvalue weighted by molar-refractivity contribution is 5.86. The monoisotopic (exact) mass is 293 g/mol. The number of carbonyl (C=O) groups excluding carboxylic acids is 1. The normalized spacial score (nSPS) is 28.6. The number of nitrogens with zero attached hydrogens (tertiary/aromatic N) is 3. The number of hydrogen-bond donors (Lipinski definition) is 0. The van der Waals surface area contributed by atoms with Crippen LogP contribution in [0.4, 0.5) is 0 Å². The highest BCUT2D eigenvalue weighted by Gasteiger charge is 2.46. The van der Waals surface area contributed by atoms with E-state index in [0.29, 0.717) is 38.0 Å². The summed E-state index contributed by atoms with van der Waals surface area (Å²) < 4.78 is 5.33. The molecule has 0 N–H and O–H groups in total. The molecular weight excluding hydrogens is 266 g/mol. The Hall–Kier alpha value is -1.12. The number of amides is 1. The lowest BCUT2D eigenvalue weighted by molar-refractivity contribution is -0.142. The van der Waals surface area contributed by atoms with Gasteiger partial charge in [-0.05, 0) is 39.3 Å². The standard InChI is InChI=1S/C16H27N3O2/c1-4-5-13-10-19(11-14(13)18(2)3)15(20)16(12-17)6-8-21-9-7-16/h13-14H,4-11H2,1-3H3/t13-,14-/m0/s1. The minimum absolute atomic E-state index is 0.0266. The third-order valence-corrected chi connectivity index (χ3v) is 4.99. The van der Waals surface area contributed by atoms with Gasteiger partial charge in [0.05, 0.1) is 6.07 Å². The number of likely N-dealkylation sites (N-methyl/N-ethyl adjacent to an activating group) is 1. The van der Waals surface area contributed by atoms with E-state index in [2.05, 4.69) is 32.0 Å². The lowest BCUT2D eigenvalue weighted by Crippen LogP contribution is -2.46. The first-order valence-electron chi connectivity index (χ1n) is 7.99. The van der Waals surface area contributed by atoms with Gasteiger partial charge in [0.15, 0.2) is 0 Å². The Balaban J connectivity index is 2.11. The Morgan fingerprint density at radius 2 is 2.05 bits per heavy atom. The molecule has 0 saturated carbocycles. The fraction of sp³-hybridized carbons (Fsp3) is 0.875. The third kappa shape index (κ3) is 3.22. The van der Waals surface area contributed by atoms with Crippen LogP contribution in [0.1, 0.15) is 32.6 Å². The second-order valence-electron chi connectivity index (χ2n) is 6.60. The van der Waals surface area contributed by atoms with Gasteiger partial charge in [0, 0.05) is 32.3 Å². The van der Waals surface area contributed by atoms with Crippen molar-refractivity contribution in [3.05, 3.63) is 0 Å². The predicted molar refractivity (Wildman–Crippen MR) is 80.6 cm³/mol. The Bertz CT molecular complexity index is 410. The molecule has 0 bridgehead atoms. The SMILES string of the molecule is CCC[C@H]1CN(C(=O)C2(C#N)CCOCC2)C[C@@H]1N(C)C. The molecule has 0 aromatic heterocycles. The highest BCUT2D eigenvalue weighted by Crippen LogP contribution is 2.35.